The quantitative estimate of drug-likeness (QED) is 0.457. The first kappa shape index (κ1) is 19.3. The van der Waals surface area contributed by atoms with E-state index in [9.17, 15) is 14.7 Å². The van der Waals surface area contributed by atoms with Crippen molar-refractivity contribution in [3.05, 3.63) is 33.5 Å². The summed E-state index contributed by atoms with van der Waals surface area (Å²) in [5, 5.41) is 10.4. The molecular formula is C17H26N6O4. The number of aromatic amines is 1. The zero-order valence-corrected chi connectivity index (χ0v) is 15.7. The average Bonchev–Trinajstić information content (AvgIpc) is 3.00. The van der Waals surface area contributed by atoms with Gasteiger partial charge in [0.1, 0.15) is 0 Å². The molecule has 1 aliphatic rings. The zero-order valence-electron chi connectivity index (χ0n) is 15.7. The number of aliphatic hydroxyl groups excluding tert-OH is 1. The summed E-state index contributed by atoms with van der Waals surface area (Å²) in [6, 6.07) is 0. The van der Waals surface area contributed by atoms with E-state index >= 15 is 0 Å². The summed E-state index contributed by atoms with van der Waals surface area (Å²) < 4.78 is 8.31. The van der Waals surface area contributed by atoms with Crippen molar-refractivity contribution in [1.82, 2.24) is 24.0 Å². The van der Waals surface area contributed by atoms with E-state index in [1.807, 2.05) is 0 Å². The van der Waals surface area contributed by atoms with Crippen LogP contribution in [0, 0.1) is 0 Å². The maximum atomic E-state index is 12.5. The molecule has 2 aromatic heterocycles. The molecule has 0 aromatic carbocycles. The van der Waals surface area contributed by atoms with E-state index in [1.54, 1.807) is 17.7 Å². The van der Waals surface area contributed by atoms with Gasteiger partial charge in [0.05, 0.1) is 25.9 Å². The van der Waals surface area contributed by atoms with Gasteiger partial charge in [0.15, 0.2) is 11.2 Å². The number of nitrogens with one attached hydrogen (secondary N) is 1. The Morgan fingerprint density at radius 2 is 2.00 bits per heavy atom. The molecule has 0 amide bonds. The number of imidazole rings is 1. The number of fused-ring (bicyclic) bond motifs is 1. The Morgan fingerprint density at radius 1 is 1.30 bits per heavy atom. The second kappa shape index (κ2) is 8.07. The molecule has 0 saturated carbocycles. The van der Waals surface area contributed by atoms with Crippen LogP contribution in [-0.4, -0.2) is 81.7 Å². The molecule has 1 aliphatic heterocycles. The molecule has 0 aliphatic carbocycles. The monoisotopic (exact) mass is 378 g/mol. The lowest BCUT2D eigenvalue weighted by molar-refractivity contribution is 0.0404. The van der Waals surface area contributed by atoms with Gasteiger partial charge in [0, 0.05) is 33.2 Å². The van der Waals surface area contributed by atoms with Crippen molar-refractivity contribution < 1.29 is 9.84 Å². The summed E-state index contributed by atoms with van der Waals surface area (Å²) in [5.74, 6) is 0.576. The minimum atomic E-state index is -0.829. The molecule has 3 heterocycles. The lowest BCUT2D eigenvalue weighted by atomic mass is 10.3. The summed E-state index contributed by atoms with van der Waals surface area (Å²) in [6.07, 6.45) is 0.778. The van der Waals surface area contributed by atoms with Crippen LogP contribution in [0.1, 0.15) is 0 Å². The van der Waals surface area contributed by atoms with E-state index in [2.05, 4.69) is 33.4 Å². The number of likely N-dealkylation sites (N-methyl/N-ethyl adjacent to an activating group) is 1. The van der Waals surface area contributed by atoms with Crippen molar-refractivity contribution in [3.63, 3.8) is 0 Å². The maximum Gasteiger partial charge on any atom is 0.329 e. The predicted molar refractivity (Wildman–Crippen MR) is 102 cm³/mol. The van der Waals surface area contributed by atoms with Crippen LogP contribution in [-0.2, 0) is 18.3 Å². The maximum absolute atomic E-state index is 12.5. The molecule has 2 N–H and O–H groups in total. The number of H-pyrrole nitrogens is 1. The molecule has 1 atom stereocenters. The fraction of sp³-hybridized carbons (Fsp3) is 0.588. The van der Waals surface area contributed by atoms with Gasteiger partial charge in [-0.3, -0.25) is 14.3 Å². The molecule has 1 unspecified atom stereocenters. The number of hydrogen-bond acceptors (Lipinski definition) is 7. The third-order valence-corrected chi connectivity index (χ3v) is 4.71. The SMILES string of the molecule is C=CCOCC(O)Cn1c(N2CCN(C)CC2)nc2c1c(=O)[nH]c(=O)n2C. The average molecular weight is 378 g/mol. The third kappa shape index (κ3) is 3.97. The Bertz CT molecular complexity index is 922. The summed E-state index contributed by atoms with van der Waals surface area (Å²) in [7, 11) is 3.62. The number of aromatic nitrogens is 4. The summed E-state index contributed by atoms with van der Waals surface area (Å²) in [6.45, 7) is 7.37. The lowest BCUT2D eigenvalue weighted by Crippen LogP contribution is -2.45. The largest absolute Gasteiger partial charge is 0.389 e. The van der Waals surface area contributed by atoms with Crippen molar-refractivity contribution in [3.8, 4) is 0 Å². The highest BCUT2D eigenvalue weighted by molar-refractivity contribution is 5.74. The standard InChI is InChI=1S/C17H26N6O4/c1-4-9-27-11-12(24)10-23-13-14(21(3)17(26)19-15(13)25)18-16(23)22-7-5-20(2)6-8-22/h4,12,24H,1,5-11H2,2-3H3,(H,19,25,26). The van der Waals surface area contributed by atoms with Gasteiger partial charge < -0.3 is 24.2 Å². The molecule has 1 fully saturated rings. The first-order valence-electron chi connectivity index (χ1n) is 8.92. The molecule has 3 rings (SSSR count). The molecule has 27 heavy (non-hydrogen) atoms. The van der Waals surface area contributed by atoms with E-state index in [-0.39, 0.29) is 18.7 Å². The highest BCUT2D eigenvalue weighted by atomic mass is 16.5. The number of ether oxygens (including phenoxy) is 1. The number of aliphatic hydroxyl groups is 1. The second-order valence-corrected chi connectivity index (χ2v) is 6.78. The molecule has 1 saturated heterocycles. The number of rotatable bonds is 7. The molecule has 2 aromatic rings. The van der Waals surface area contributed by atoms with Crippen LogP contribution >= 0.6 is 0 Å². The van der Waals surface area contributed by atoms with Crippen LogP contribution < -0.4 is 16.1 Å². The topological polar surface area (TPSA) is 109 Å². The van der Waals surface area contributed by atoms with Crippen molar-refractivity contribution >= 4 is 17.1 Å². The normalized spacial score (nSPS) is 16.8. The number of nitrogens with zero attached hydrogens (tertiary/aromatic N) is 5. The van der Waals surface area contributed by atoms with Crippen LogP contribution in [0.15, 0.2) is 22.2 Å². The van der Waals surface area contributed by atoms with Crippen molar-refractivity contribution in [1.29, 1.82) is 0 Å². The molecule has 10 nitrogen and oxygen atoms in total. The van der Waals surface area contributed by atoms with Crippen LogP contribution in [0.3, 0.4) is 0 Å². The third-order valence-electron chi connectivity index (χ3n) is 4.71. The van der Waals surface area contributed by atoms with E-state index in [0.717, 1.165) is 26.2 Å². The Hall–Kier alpha value is -2.43. The first-order valence-corrected chi connectivity index (χ1v) is 8.92. The van der Waals surface area contributed by atoms with Crippen LogP contribution in [0.4, 0.5) is 5.95 Å². The first-order chi connectivity index (χ1) is 12.9. The van der Waals surface area contributed by atoms with Gasteiger partial charge >= 0.3 is 5.69 Å². The smallest absolute Gasteiger partial charge is 0.329 e. The second-order valence-electron chi connectivity index (χ2n) is 6.78. The van der Waals surface area contributed by atoms with Gasteiger partial charge in [-0.25, -0.2) is 4.79 Å². The number of piperazine rings is 1. The minimum absolute atomic E-state index is 0.109. The van der Waals surface area contributed by atoms with Gasteiger partial charge in [-0.2, -0.15) is 4.98 Å². The van der Waals surface area contributed by atoms with E-state index in [0.29, 0.717) is 18.2 Å². The minimum Gasteiger partial charge on any atom is -0.389 e. The lowest BCUT2D eigenvalue weighted by Gasteiger charge is -2.33. The van der Waals surface area contributed by atoms with Crippen LogP contribution in [0.2, 0.25) is 0 Å². The van der Waals surface area contributed by atoms with E-state index in [1.165, 1.54) is 4.57 Å². The van der Waals surface area contributed by atoms with Crippen LogP contribution in [0.5, 0.6) is 0 Å². The number of hydrogen-bond donors (Lipinski definition) is 2. The van der Waals surface area contributed by atoms with E-state index < -0.39 is 17.4 Å². The van der Waals surface area contributed by atoms with Gasteiger partial charge in [-0.05, 0) is 7.05 Å². The fourth-order valence-corrected chi connectivity index (χ4v) is 3.19. The number of anilines is 1. The Labute approximate surface area is 156 Å². The van der Waals surface area contributed by atoms with Gasteiger partial charge in [-0.15, -0.1) is 6.58 Å². The molecule has 148 valence electrons. The number of aryl methyl sites for hydroxylation is 1. The summed E-state index contributed by atoms with van der Waals surface area (Å²) in [4.78, 5) is 35.6. The molecular weight excluding hydrogens is 352 g/mol. The van der Waals surface area contributed by atoms with Crippen molar-refractivity contribution in [2.75, 3.05) is 51.3 Å². The highest BCUT2D eigenvalue weighted by Gasteiger charge is 2.25. The van der Waals surface area contributed by atoms with E-state index in [4.69, 9.17) is 4.74 Å². The molecule has 0 radical (unpaired) electrons. The summed E-state index contributed by atoms with van der Waals surface area (Å²) in [5.41, 5.74) is -0.456. The Balaban J connectivity index is 2.03. The fourth-order valence-electron chi connectivity index (χ4n) is 3.19. The highest BCUT2D eigenvalue weighted by Crippen LogP contribution is 2.21. The Morgan fingerprint density at radius 3 is 2.67 bits per heavy atom. The molecule has 10 heteroatoms. The summed E-state index contributed by atoms with van der Waals surface area (Å²) >= 11 is 0. The van der Waals surface area contributed by atoms with Gasteiger partial charge in [-0.1, -0.05) is 6.08 Å². The zero-order chi connectivity index (χ0) is 19.6. The molecule has 0 spiro atoms. The van der Waals surface area contributed by atoms with Gasteiger partial charge in [0.2, 0.25) is 5.95 Å². The van der Waals surface area contributed by atoms with Crippen LogP contribution in [0.25, 0.3) is 11.2 Å². The Kier molecular flexibility index (Phi) is 5.78. The predicted octanol–water partition coefficient (Wildman–Crippen LogP) is -1.26. The molecule has 0 bridgehead atoms. The van der Waals surface area contributed by atoms with Crippen molar-refractivity contribution in [2.45, 2.75) is 12.6 Å². The van der Waals surface area contributed by atoms with Gasteiger partial charge in [0.25, 0.3) is 5.56 Å². The van der Waals surface area contributed by atoms with Crippen molar-refractivity contribution in [2.24, 2.45) is 7.05 Å².